The van der Waals surface area contributed by atoms with Gasteiger partial charge in [0.2, 0.25) is 0 Å². The molecule has 7 heteroatoms. The molecule has 4 rings (SSSR count). The summed E-state index contributed by atoms with van der Waals surface area (Å²) in [6, 6.07) is 7.94. The fourth-order valence-electron chi connectivity index (χ4n) is 4.59. The predicted molar refractivity (Wildman–Crippen MR) is 125 cm³/mol. The van der Waals surface area contributed by atoms with Crippen molar-refractivity contribution in [2.24, 2.45) is 5.92 Å². The normalized spacial score (nSPS) is 16.1. The van der Waals surface area contributed by atoms with Crippen molar-refractivity contribution in [1.29, 1.82) is 5.26 Å². The van der Waals surface area contributed by atoms with Gasteiger partial charge in [-0.25, -0.2) is 4.98 Å². The van der Waals surface area contributed by atoms with Crippen LogP contribution < -0.4 is 0 Å². The minimum absolute atomic E-state index is 0.155. The van der Waals surface area contributed by atoms with Gasteiger partial charge in [-0.05, 0) is 24.8 Å². The molecule has 0 unspecified atom stereocenters. The Morgan fingerprint density at radius 3 is 2.84 bits per heavy atom. The molecule has 0 radical (unpaired) electrons. The van der Waals surface area contributed by atoms with Gasteiger partial charge in [0, 0.05) is 37.6 Å². The molecule has 1 N–H and O–H groups in total. The van der Waals surface area contributed by atoms with Gasteiger partial charge in [0.1, 0.15) is 0 Å². The zero-order valence-corrected chi connectivity index (χ0v) is 19.9. The van der Waals surface area contributed by atoms with Crippen molar-refractivity contribution in [2.45, 2.75) is 70.4 Å². The molecule has 31 heavy (non-hydrogen) atoms. The van der Waals surface area contributed by atoms with Crippen molar-refractivity contribution in [3.63, 3.8) is 0 Å². The molecule has 2 aliphatic carbocycles. The molecule has 1 aromatic rings. The fourth-order valence-corrected chi connectivity index (χ4v) is 5.34. The van der Waals surface area contributed by atoms with Gasteiger partial charge in [-0.2, -0.15) is 10.4 Å². The Balaban J connectivity index is 1.50. The second kappa shape index (κ2) is 9.37. The molecule has 2 heterocycles. The molecule has 3 aliphatic rings. The number of hydrogen-bond donors (Lipinski definition) is 1. The first kappa shape index (κ1) is 21.8. The Bertz CT molecular complexity index is 1010. The number of aromatic nitrogens is 4. The summed E-state index contributed by atoms with van der Waals surface area (Å²) in [6.45, 7) is 8.53. The van der Waals surface area contributed by atoms with Crippen LogP contribution in [0.5, 0.6) is 0 Å². The highest BCUT2D eigenvalue weighted by Gasteiger charge is 2.27. The molecule has 1 aliphatic heterocycles. The van der Waals surface area contributed by atoms with E-state index in [0.29, 0.717) is 18.9 Å². The van der Waals surface area contributed by atoms with E-state index in [4.69, 9.17) is 4.74 Å². The van der Waals surface area contributed by atoms with Crippen molar-refractivity contribution in [3.8, 4) is 28.6 Å². The Kier molecular flexibility index (Phi) is 6.59. The average Bonchev–Trinajstić information content (AvgIpc) is 3.50. The van der Waals surface area contributed by atoms with Crippen molar-refractivity contribution >= 4 is 8.07 Å². The summed E-state index contributed by atoms with van der Waals surface area (Å²) in [4.78, 5) is 7.93. The maximum atomic E-state index is 9.34. The summed E-state index contributed by atoms with van der Waals surface area (Å²) < 4.78 is 7.98. The van der Waals surface area contributed by atoms with Crippen LogP contribution >= 0.6 is 0 Å². The molecule has 0 spiro atoms. The number of hydrogen-bond acceptors (Lipinski definition) is 4. The number of ether oxygens (including phenoxy) is 1. The first-order valence-electron chi connectivity index (χ1n) is 11.4. The zero-order chi connectivity index (χ0) is 21.8. The lowest BCUT2D eigenvalue weighted by atomic mass is 9.96. The Morgan fingerprint density at radius 1 is 1.29 bits per heavy atom. The van der Waals surface area contributed by atoms with Crippen LogP contribution in [0, 0.1) is 17.2 Å². The molecule has 1 aromatic heterocycles. The summed E-state index contributed by atoms with van der Waals surface area (Å²) in [7, 11) is -1.08. The van der Waals surface area contributed by atoms with Gasteiger partial charge in [0.25, 0.3) is 0 Å². The van der Waals surface area contributed by atoms with Crippen molar-refractivity contribution in [1.82, 2.24) is 19.7 Å². The van der Waals surface area contributed by atoms with Crippen LogP contribution in [0.2, 0.25) is 25.7 Å². The summed E-state index contributed by atoms with van der Waals surface area (Å²) in [6.07, 6.45) is 11.1. The number of aromatic amines is 1. The molecular formula is C24H33N5OSi. The largest absolute Gasteiger partial charge is 0.377 e. The van der Waals surface area contributed by atoms with Crippen LogP contribution in [0.4, 0.5) is 0 Å². The standard InChI is InChI=1S/C24H33N5OSi/c1-31(2,3)13-12-30-16-19-8-9-21-23(19)26-17-27-24(21)20-14-28-29(15-20)22(10-11-25)18-6-4-5-7-18/h8-9,14-15,17-18,22H,4-7,10,12-13,16H2,1-3H3,(H,26,27)/t22-/m1/s1. The van der Waals surface area contributed by atoms with Crippen LogP contribution in [0.15, 0.2) is 30.9 Å². The monoisotopic (exact) mass is 435 g/mol. The molecule has 1 atom stereocenters. The first-order valence-corrected chi connectivity index (χ1v) is 15.1. The second-order valence-corrected chi connectivity index (χ2v) is 15.6. The fraction of sp³-hybridized carbons (Fsp3) is 0.542. The summed E-state index contributed by atoms with van der Waals surface area (Å²) in [5.74, 6) is 0.545. The smallest absolute Gasteiger partial charge is 0.0931 e. The van der Waals surface area contributed by atoms with E-state index < -0.39 is 8.07 Å². The summed E-state index contributed by atoms with van der Waals surface area (Å²) in [5.41, 5.74) is 5.25. The minimum Gasteiger partial charge on any atom is -0.377 e. The maximum Gasteiger partial charge on any atom is 0.0931 e. The topological polar surface area (TPSA) is 79.5 Å². The number of nitrogens with zero attached hydrogens (tertiary/aromatic N) is 4. The second-order valence-electron chi connectivity index (χ2n) is 9.94. The van der Waals surface area contributed by atoms with Gasteiger partial charge in [-0.1, -0.05) is 44.6 Å². The number of H-pyrrole nitrogens is 1. The lowest BCUT2D eigenvalue weighted by Gasteiger charge is -2.21. The van der Waals surface area contributed by atoms with Gasteiger partial charge in [0.15, 0.2) is 0 Å². The third kappa shape index (κ3) is 5.08. The quantitative estimate of drug-likeness (QED) is 0.336. The summed E-state index contributed by atoms with van der Waals surface area (Å²) >= 11 is 0. The minimum atomic E-state index is -1.08. The van der Waals surface area contributed by atoms with Gasteiger partial charge < -0.3 is 9.72 Å². The Hall–Kier alpha value is -2.43. The van der Waals surface area contributed by atoms with Gasteiger partial charge in [-0.3, -0.25) is 4.68 Å². The van der Waals surface area contributed by atoms with Crippen LogP contribution in [0.3, 0.4) is 0 Å². The van der Waals surface area contributed by atoms with Gasteiger partial charge in [0.05, 0.1) is 49.1 Å². The molecule has 1 saturated carbocycles. The van der Waals surface area contributed by atoms with Crippen LogP contribution in [0.25, 0.3) is 22.5 Å². The number of rotatable bonds is 9. The van der Waals surface area contributed by atoms with E-state index in [0.717, 1.165) is 34.7 Å². The van der Waals surface area contributed by atoms with Crippen molar-refractivity contribution < 1.29 is 4.74 Å². The van der Waals surface area contributed by atoms with E-state index in [9.17, 15) is 5.26 Å². The highest BCUT2D eigenvalue weighted by atomic mass is 28.3. The molecule has 0 saturated heterocycles. The first-order chi connectivity index (χ1) is 15.0. The van der Waals surface area contributed by atoms with E-state index in [1.54, 1.807) is 6.33 Å². The van der Waals surface area contributed by atoms with E-state index in [-0.39, 0.29) is 6.04 Å². The maximum absolute atomic E-state index is 9.34. The number of fused-ring (bicyclic) bond motifs is 1. The zero-order valence-electron chi connectivity index (χ0n) is 18.9. The molecule has 164 valence electrons. The molecular weight excluding hydrogens is 402 g/mol. The lowest BCUT2D eigenvalue weighted by Crippen LogP contribution is -2.21. The highest BCUT2D eigenvalue weighted by molar-refractivity contribution is 6.76. The SMILES string of the molecule is C[Si](C)(C)CCOCc1ccc2c(-c3cnn([C@H](CC#N)C4CCCC4)c3)nc[nH]c1-2. The molecule has 0 amide bonds. The number of nitrogens with one attached hydrogen (secondary N) is 1. The molecule has 1 fully saturated rings. The van der Waals surface area contributed by atoms with E-state index in [1.165, 1.54) is 31.7 Å². The van der Waals surface area contributed by atoms with E-state index in [2.05, 4.69) is 59.1 Å². The highest BCUT2D eigenvalue weighted by Crippen LogP contribution is 2.38. The van der Waals surface area contributed by atoms with Crippen molar-refractivity contribution in [3.05, 3.63) is 36.4 Å². The van der Waals surface area contributed by atoms with E-state index in [1.807, 2.05) is 10.9 Å². The third-order valence-corrected chi connectivity index (χ3v) is 8.12. The Morgan fingerprint density at radius 2 is 2.10 bits per heavy atom. The van der Waals surface area contributed by atoms with Crippen LogP contribution in [-0.2, 0) is 11.3 Å². The van der Waals surface area contributed by atoms with Crippen LogP contribution in [0.1, 0.15) is 43.7 Å². The molecule has 0 aromatic carbocycles. The van der Waals surface area contributed by atoms with Crippen LogP contribution in [-0.4, -0.2) is 34.4 Å². The lowest BCUT2D eigenvalue weighted by molar-refractivity contribution is 0.133. The Labute approximate surface area is 186 Å². The third-order valence-electron chi connectivity index (χ3n) is 6.41. The summed E-state index contributed by atoms with van der Waals surface area (Å²) in [5, 5.41) is 14.0. The number of nitriles is 1. The molecule has 6 nitrogen and oxygen atoms in total. The predicted octanol–water partition coefficient (Wildman–Crippen LogP) is 5.88. The van der Waals surface area contributed by atoms with Gasteiger partial charge >= 0.3 is 0 Å². The van der Waals surface area contributed by atoms with Gasteiger partial charge in [-0.15, -0.1) is 0 Å². The van der Waals surface area contributed by atoms with E-state index >= 15 is 0 Å². The molecule has 0 bridgehead atoms. The van der Waals surface area contributed by atoms with Crippen molar-refractivity contribution in [2.75, 3.05) is 6.61 Å². The average molecular weight is 436 g/mol.